The number of rotatable bonds is 6. The number of hydrogen-bond donors (Lipinski definition) is 1. The number of nitrogens with zero attached hydrogens (tertiary/aromatic N) is 2. The number of pyridine rings is 2. The lowest BCUT2D eigenvalue weighted by Gasteiger charge is -2.09. The van der Waals surface area contributed by atoms with Crippen molar-refractivity contribution in [1.82, 2.24) is 15.3 Å². The van der Waals surface area contributed by atoms with Crippen molar-refractivity contribution in [3.63, 3.8) is 0 Å². The highest BCUT2D eigenvalue weighted by atomic mass is 16.5. The van der Waals surface area contributed by atoms with Crippen molar-refractivity contribution >= 4 is 0 Å². The molecule has 2 aromatic heterocycles. The van der Waals surface area contributed by atoms with Crippen molar-refractivity contribution in [2.75, 3.05) is 0 Å². The molecule has 0 aliphatic rings. The van der Waals surface area contributed by atoms with Gasteiger partial charge >= 0.3 is 0 Å². The van der Waals surface area contributed by atoms with E-state index in [9.17, 15) is 0 Å². The fraction of sp³-hybridized carbons (Fsp3) is 0.333. The van der Waals surface area contributed by atoms with Crippen LogP contribution in [0.25, 0.3) is 0 Å². The molecule has 0 spiro atoms. The Morgan fingerprint density at radius 1 is 1.16 bits per heavy atom. The van der Waals surface area contributed by atoms with Gasteiger partial charge in [0.25, 0.3) is 0 Å². The van der Waals surface area contributed by atoms with E-state index < -0.39 is 0 Å². The average molecular weight is 257 g/mol. The zero-order chi connectivity index (χ0) is 13.5. The lowest BCUT2D eigenvalue weighted by molar-refractivity contribution is 0.299. The number of nitrogens with one attached hydrogen (secondary N) is 1. The van der Waals surface area contributed by atoms with Crippen molar-refractivity contribution in [2.24, 2.45) is 0 Å². The van der Waals surface area contributed by atoms with E-state index in [4.69, 9.17) is 4.74 Å². The Labute approximate surface area is 113 Å². The molecular weight excluding hydrogens is 238 g/mol. The van der Waals surface area contributed by atoms with Crippen molar-refractivity contribution in [1.29, 1.82) is 0 Å². The van der Waals surface area contributed by atoms with Crippen LogP contribution in [0.1, 0.15) is 25.2 Å². The van der Waals surface area contributed by atoms with Crippen LogP contribution < -0.4 is 10.1 Å². The summed E-state index contributed by atoms with van der Waals surface area (Å²) in [5.41, 5.74) is 1.95. The lowest BCUT2D eigenvalue weighted by Crippen LogP contribution is -2.22. The molecule has 0 fully saturated rings. The van der Waals surface area contributed by atoms with Gasteiger partial charge in [-0.1, -0.05) is 19.9 Å². The third-order valence-corrected chi connectivity index (χ3v) is 2.58. The molecule has 2 rings (SSSR count). The molecule has 19 heavy (non-hydrogen) atoms. The first-order valence-electron chi connectivity index (χ1n) is 6.45. The van der Waals surface area contributed by atoms with Crippen LogP contribution in [0.2, 0.25) is 0 Å². The highest BCUT2D eigenvalue weighted by molar-refractivity contribution is 5.17. The summed E-state index contributed by atoms with van der Waals surface area (Å²) >= 11 is 0. The zero-order valence-corrected chi connectivity index (χ0v) is 11.3. The second kappa shape index (κ2) is 6.85. The Morgan fingerprint density at radius 3 is 2.74 bits per heavy atom. The Morgan fingerprint density at radius 2 is 2.00 bits per heavy atom. The standard InChI is InChI=1S/C15H19N3O/c1-12(2)17-9-13-5-3-6-14(18-13)11-19-15-7-4-8-16-10-15/h3-8,10,12,17H,9,11H2,1-2H3. The first-order valence-corrected chi connectivity index (χ1v) is 6.45. The van der Waals surface area contributed by atoms with Gasteiger partial charge < -0.3 is 10.1 Å². The topological polar surface area (TPSA) is 47.0 Å². The molecule has 0 radical (unpaired) electrons. The van der Waals surface area contributed by atoms with Gasteiger partial charge in [-0.25, -0.2) is 0 Å². The van der Waals surface area contributed by atoms with E-state index in [0.29, 0.717) is 12.6 Å². The van der Waals surface area contributed by atoms with Crippen LogP contribution in [0.4, 0.5) is 0 Å². The highest BCUT2D eigenvalue weighted by Gasteiger charge is 2.00. The minimum atomic E-state index is 0.456. The SMILES string of the molecule is CC(C)NCc1cccc(COc2cccnc2)n1. The van der Waals surface area contributed by atoms with Crippen LogP contribution in [0, 0.1) is 0 Å². The molecule has 4 nitrogen and oxygen atoms in total. The van der Waals surface area contributed by atoms with E-state index in [2.05, 4.69) is 29.1 Å². The predicted octanol–water partition coefficient (Wildman–Crippen LogP) is 2.55. The molecule has 0 saturated carbocycles. The van der Waals surface area contributed by atoms with E-state index in [1.54, 1.807) is 12.4 Å². The molecule has 4 heteroatoms. The molecule has 2 heterocycles. The van der Waals surface area contributed by atoms with E-state index >= 15 is 0 Å². The van der Waals surface area contributed by atoms with Gasteiger partial charge in [-0.3, -0.25) is 9.97 Å². The summed E-state index contributed by atoms with van der Waals surface area (Å²) in [7, 11) is 0. The number of aromatic nitrogens is 2. The predicted molar refractivity (Wildman–Crippen MR) is 74.8 cm³/mol. The zero-order valence-electron chi connectivity index (χ0n) is 11.3. The smallest absolute Gasteiger partial charge is 0.138 e. The van der Waals surface area contributed by atoms with Crippen LogP contribution in [-0.2, 0) is 13.2 Å². The summed E-state index contributed by atoms with van der Waals surface area (Å²) in [6.07, 6.45) is 3.42. The van der Waals surface area contributed by atoms with E-state index in [1.807, 2.05) is 30.3 Å². The minimum Gasteiger partial charge on any atom is -0.486 e. The van der Waals surface area contributed by atoms with Crippen LogP contribution in [0.5, 0.6) is 5.75 Å². The fourth-order valence-electron chi connectivity index (χ4n) is 1.61. The first-order chi connectivity index (χ1) is 9.24. The maximum atomic E-state index is 5.63. The molecule has 0 aliphatic carbocycles. The van der Waals surface area contributed by atoms with Gasteiger partial charge in [0.1, 0.15) is 12.4 Å². The third-order valence-electron chi connectivity index (χ3n) is 2.58. The van der Waals surface area contributed by atoms with Gasteiger partial charge in [-0.05, 0) is 24.3 Å². The van der Waals surface area contributed by atoms with Gasteiger partial charge in [-0.2, -0.15) is 0 Å². The molecule has 100 valence electrons. The number of hydrogen-bond acceptors (Lipinski definition) is 4. The molecule has 0 atom stereocenters. The third kappa shape index (κ3) is 4.67. The van der Waals surface area contributed by atoms with Crippen molar-refractivity contribution in [2.45, 2.75) is 33.0 Å². The molecule has 0 aromatic carbocycles. The summed E-state index contributed by atoms with van der Waals surface area (Å²) in [5, 5.41) is 3.35. The molecular formula is C15H19N3O. The Bertz CT molecular complexity index is 500. The monoisotopic (exact) mass is 257 g/mol. The Kier molecular flexibility index (Phi) is 4.86. The Hall–Kier alpha value is -1.94. The van der Waals surface area contributed by atoms with Gasteiger partial charge in [0.05, 0.1) is 17.6 Å². The van der Waals surface area contributed by atoms with Crippen molar-refractivity contribution < 1.29 is 4.74 Å². The molecule has 0 saturated heterocycles. The van der Waals surface area contributed by atoms with Crippen molar-refractivity contribution in [3.05, 3.63) is 54.1 Å². The highest BCUT2D eigenvalue weighted by Crippen LogP contribution is 2.09. The van der Waals surface area contributed by atoms with Crippen LogP contribution in [-0.4, -0.2) is 16.0 Å². The van der Waals surface area contributed by atoms with Crippen LogP contribution >= 0.6 is 0 Å². The van der Waals surface area contributed by atoms with Gasteiger partial charge in [0.2, 0.25) is 0 Å². The average Bonchev–Trinajstić information content (AvgIpc) is 2.44. The van der Waals surface area contributed by atoms with E-state index in [1.165, 1.54) is 0 Å². The first kappa shape index (κ1) is 13.5. The quantitative estimate of drug-likeness (QED) is 0.864. The van der Waals surface area contributed by atoms with E-state index in [0.717, 1.165) is 23.7 Å². The van der Waals surface area contributed by atoms with E-state index in [-0.39, 0.29) is 0 Å². The number of ether oxygens (including phenoxy) is 1. The minimum absolute atomic E-state index is 0.456. The van der Waals surface area contributed by atoms with Crippen molar-refractivity contribution in [3.8, 4) is 5.75 Å². The molecule has 1 N–H and O–H groups in total. The second-order valence-electron chi connectivity index (χ2n) is 4.63. The Balaban J connectivity index is 1.91. The van der Waals surface area contributed by atoms with Gasteiger partial charge in [0, 0.05) is 18.8 Å². The summed E-state index contributed by atoms with van der Waals surface area (Å²) in [4.78, 5) is 8.56. The lowest BCUT2D eigenvalue weighted by atomic mass is 10.3. The van der Waals surface area contributed by atoms with Crippen LogP contribution in [0.3, 0.4) is 0 Å². The maximum Gasteiger partial charge on any atom is 0.138 e. The summed E-state index contributed by atoms with van der Waals surface area (Å²) in [5.74, 6) is 0.759. The summed E-state index contributed by atoms with van der Waals surface area (Å²) < 4.78 is 5.63. The fourth-order valence-corrected chi connectivity index (χ4v) is 1.61. The molecule has 0 bridgehead atoms. The normalized spacial score (nSPS) is 10.7. The molecule has 0 unspecified atom stereocenters. The maximum absolute atomic E-state index is 5.63. The molecule has 2 aromatic rings. The van der Waals surface area contributed by atoms with Gasteiger partial charge in [-0.15, -0.1) is 0 Å². The molecule has 0 aliphatic heterocycles. The molecule has 0 amide bonds. The summed E-state index contributed by atoms with van der Waals surface area (Å²) in [6, 6.07) is 10.2. The second-order valence-corrected chi connectivity index (χ2v) is 4.63. The van der Waals surface area contributed by atoms with Crippen LogP contribution in [0.15, 0.2) is 42.7 Å². The largest absolute Gasteiger partial charge is 0.486 e. The van der Waals surface area contributed by atoms with Gasteiger partial charge in [0.15, 0.2) is 0 Å². The summed E-state index contributed by atoms with van der Waals surface area (Å²) in [6.45, 7) is 5.48.